The molecule has 0 aromatic carbocycles. The molecule has 1 fully saturated rings. The highest BCUT2D eigenvalue weighted by Gasteiger charge is 2.36. The first-order valence-electron chi connectivity index (χ1n) is 8.09. The average Bonchev–Trinajstić information content (AvgIpc) is 3.01. The minimum atomic E-state index is -0.400. The Morgan fingerprint density at radius 1 is 1.33 bits per heavy atom. The number of piperidine rings is 1. The van der Waals surface area contributed by atoms with Crippen molar-refractivity contribution in [2.75, 3.05) is 13.1 Å². The summed E-state index contributed by atoms with van der Waals surface area (Å²) in [6.45, 7) is 5.72. The summed E-state index contributed by atoms with van der Waals surface area (Å²) in [7, 11) is 0. The second-order valence-corrected chi connectivity index (χ2v) is 6.69. The van der Waals surface area contributed by atoms with E-state index < -0.39 is 5.41 Å². The predicted molar refractivity (Wildman–Crippen MR) is 87.8 cm³/mol. The van der Waals surface area contributed by atoms with Gasteiger partial charge in [-0.25, -0.2) is 14.1 Å². The Labute approximate surface area is 140 Å². The molecule has 128 valence electrons. The summed E-state index contributed by atoms with van der Waals surface area (Å²) in [5.41, 5.74) is 6.18. The van der Waals surface area contributed by atoms with Crippen molar-refractivity contribution in [1.82, 2.24) is 19.7 Å². The minimum Gasteiger partial charge on any atom is -0.369 e. The molecule has 7 heteroatoms. The maximum Gasteiger partial charge on any atom is 0.223 e. The van der Waals surface area contributed by atoms with Gasteiger partial charge in [0.15, 0.2) is 11.6 Å². The van der Waals surface area contributed by atoms with Crippen molar-refractivity contribution in [3.63, 3.8) is 0 Å². The van der Waals surface area contributed by atoms with E-state index in [4.69, 9.17) is 5.73 Å². The van der Waals surface area contributed by atoms with Gasteiger partial charge in [0, 0.05) is 17.7 Å². The smallest absolute Gasteiger partial charge is 0.223 e. The summed E-state index contributed by atoms with van der Waals surface area (Å²) < 4.78 is 14.4. The largest absolute Gasteiger partial charge is 0.369 e. The van der Waals surface area contributed by atoms with Crippen LogP contribution in [0.5, 0.6) is 0 Å². The highest BCUT2D eigenvalue weighted by atomic mass is 19.1. The van der Waals surface area contributed by atoms with Gasteiger partial charge in [-0.15, -0.1) is 0 Å². The van der Waals surface area contributed by atoms with Crippen LogP contribution in [0.3, 0.4) is 0 Å². The van der Waals surface area contributed by atoms with Crippen molar-refractivity contribution in [2.24, 2.45) is 11.1 Å². The first-order valence-corrected chi connectivity index (χ1v) is 8.09. The number of hydrogen-bond donors (Lipinski definition) is 1. The summed E-state index contributed by atoms with van der Waals surface area (Å²) in [6.07, 6.45) is 5.78. The third kappa shape index (κ3) is 3.17. The molecule has 1 saturated heterocycles. The zero-order valence-corrected chi connectivity index (χ0v) is 13.9. The van der Waals surface area contributed by atoms with E-state index in [1.54, 1.807) is 6.20 Å². The number of halogens is 1. The lowest BCUT2D eigenvalue weighted by atomic mass is 9.79. The van der Waals surface area contributed by atoms with Crippen LogP contribution in [-0.2, 0) is 4.79 Å². The maximum atomic E-state index is 13.0. The number of nitrogens with zero attached hydrogens (tertiary/aromatic N) is 4. The number of likely N-dealkylation sites (tertiary alicyclic amines) is 1. The van der Waals surface area contributed by atoms with Crippen LogP contribution >= 0.6 is 0 Å². The van der Waals surface area contributed by atoms with Crippen LogP contribution in [-0.4, -0.2) is 38.7 Å². The van der Waals surface area contributed by atoms with Crippen molar-refractivity contribution in [2.45, 2.75) is 32.7 Å². The molecule has 1 aliphatic rings. The molecule has 24 heavy (non-hydrogen) atoms. The molecule has 0 bridgehead atoms. The van der Waals surface area contributed by atoms with Crippen molar-refractivity contribution < 1.29 is 9.18 Å². The molecule has 1 unspecified atom stereocenters. The molecule has 1 amide bonds. The predicted octanol–water partition coefficient (Wildman–Crippen LogP) is 2.05. The Hall–Kier alpha value is -2.28. The molecule has 0 saturated carbocycles. The van der Waals surface area contributed by atoms with Gasteiger partial charge in [-0.1, -0.05) is 13.0 Å². The highest BCUT2D eigenvalue weighted by Crippen LogP contribution is 2.34. The summed E-state index contributed by atoms with van der Waals surface area (Å²) in [5.74, 6) is -0.0258. The lowest BCUT2D eigenvalue weighted by molar-refractivity contribution is -0.129. The van der Waals surface area contributed by atoms with Gasteiger partial charge in [-0.3, -0.25) is 9.69 Å². The Kier molecular flexibility index (Phi) is 4.36. The molecule has 3 rings (SSSR count). The molecule has 2 aromatic heterocycles. The van der Waals surface area contributed by atoms with Gasteiger partial charge < -0.3 is 5.73 Å². The molecule has 0 radical (unpaired) electrons. The van der Waals surface area contributed by atoms with Crippen molar-refractivity contribution in [3.8, 4) is 5.82 Å². The van der Waals surface area contributed by atoms with E-state index in [1.165, 1.54) is 10.9 Å². The molecule has 2 N–H and O–H groups in total. The summed E-state index contributed by atoms with van der Waals surface area (Å²) in [4.78, 5) is 18.3. The van der Waals surface area contributed by atoms with Crippen LogP contribution in [0.4, 0.5) is 4.39 Å². The molecule has 0 spiro atoms. The van der Waals surface area contributed by atoms with Crippen molar-refractivity contribution in [3.05, 3.63) is 42.1 Å². The SMILES string of the molecule is CC(c1ccc(-n2cc(F)cn2)nc1)N1CCC(C)(C(N)=O)CC1. The fourth-order valence-electron chi connectivity index (χ4n) is 3.07. The highest BCUT2D eigenvalue weighted by molar-refractivity contribution is 5.80. The summed E-state index contributed by atoms with van der Waals surface area (Å²) in [6, 6.07) is 4.00. The standard InChI is InChI=1S/C17H22FN5O/c1-12(22-7-5-17(2,6-8-22)16(19)24)13-3-4-15(20-9-13)23-11-14(18)10-21-23/h3-4,9-12H,5-8H2,1-2H3,(H2,19,24). The topological polar surface area (TPSA) is 77.0 Å². The average molecular weight is 331 g/mol. The molecule has 1 atom stereocenters. The lowest BCUT2D eigenvalue weighted by Gasteiger charge is -2.40. The first kappa shape index (κ1) is 16.6. The molecular formula is C17H22FN5O. The van der Waals surface area contributed by atoms with Gasteiger partial charge in [-0.05, 0) is 44.5 Å². The number of rotatable bonds is 4. The minimum absolute atomic E-state index is 0.193. The van der Waals surface area contributed by atoms with E-state index in [-0.39, 0.29) is 17.8 Å². The quantitative estimate of drug-likeness (QED) is 0.930. The second kappa shape index (κ2) is 6.32. The molecule has 1 aliphatic heterocycles. The third-order valence-corrected chi connectivity index (χ3v) is 5.08. The fourth-order valence-corrected chi connectivity index (χ4v) is 3.07. The number of nitrogens with two attached hydrogens (primary N) is 1. The number of aromatic nitrogens is 3. The van der Waals surface area contributed by atoms with Crippen LogP contribution in [0.1, 0.15) is 38.3 Å². The van der Waals surface area contributed by atoms with E-state index in [0.717, 1.165) is 37.7 Å². The van der Waals surface area contributed by atoms with Crippen LogP contribution < -0.4 is 5.73 Å². The normalized spacial score (nSPS) is 19.1. The molecule has 0 aliphatic carbocycles. The third-order valence-electron chi connectivity index (χ3n) is 5.08. The Balaban J connectivity index is 1.68. The lowest BCUT2D eigenvalue weighted by Crippen LogP contribution is -2.46. The van der Waals surface area contributed by atoms with Gasteiger partial charge in [0.05, 0.1) is 12.4 Å². The monoisotopic (exact) mass is 331 g/mol. The van der Waals surface area contributed by atoms with Gasteiger partial charge in [0.1, 0.15) is 0 Å². The van der Waals surface area contributed by atoms with Gasteiger partial charge in [0.2, 0.25) is 5.91 Å². The number of carbonyl (C=O) groups is 1. The molecule has 3 heterocycles. The summed E-state index contributed by atoms with van der Waals surface area (Å²) >= 11 is 0. The van der Waals surface area contributed by atoms with Crippen LogP contribution in [0.15, 0.2) is 30.7 Å². The van der Waals surface area contributed by atoms with Crippen LogP contribution in [0.2, 0.25) is 0 Å². The van der Waals surface area contributed by atoms with Gasteiger partial charge in [-0.2, -0.15) is 5.10 Å². The number of amides is 1. The molecule has 6 nitrogen and oxygen atoms in total. The first-order chi connectivity index (χ1) is 11.4. The zero-order valence-electron chi connectivity index (χ0n) is 13.9. The van der Waals surface area contributed by atoms with Crippen LogP contribution in [0, 0.1) is 11.2 Å². The van der Waals surface area contributed by atoms with E-state index in [0.29, 0.717) is 5.82 Å². The maximum absolute atomic E-state index is 13.0. The number of primary amides is 1. The Bertz CT molecular complexity index is 719. The fraction of sp³-hybridized carbons (Fsp3) is 0.471. The Morgan fingerprint density at radius 2 is 2.04 bits per heavy atom. The van der Waals surface area contributed by atoms with Crippen molar-refractivity contribution >= 4 is 5.91 Å². The molecule has 2 aromatic rings. The number of hydrogen-bond acceptors (Lipinski definition) is 4. The Morgan fingerprint density at radius 3 is 2.54 bits per heavy atom. The van der Waals surface area contributed by atoms with Gasteiger partial charge in [0.25, 0.3) is 0 Å². The van der Waals surface area contributed by atoms with E-state index in [9.17, 15) is 9.18 Å². The number of carbonyl (C=O) groups excluding carboxylic acids is 1. The van der Waals surface area contributed by atoms with Gasteiger partial charge >= 0.3 is 0 Å². The van der Waals surface area contributed by atoms with E-state index in [2.05, 4.69) is 21.9 Å². The van der Waals surface area contributed by atoms with Crippen LogP contribution in [0.25, 0.3) is 5.82 Å². The summed E-state index contributed by atoms with van der Waals surface area (Å²) in [5, 5.41) is 3.91. The van der Waals surface area contributed by atoms with Crippen molar-refractivity contribution in [1.29, 1.82) is 0 Å². The number of pyridine rings is 1. The second-order valence-electron chi connectivity index (χ2n) is 6.69. The zero-order chi connectivity index (χ0) is 17.3. The van der Waals surface area contributed by atoms with E-state index in [1.807, 2.05) is 19.1 Å². The molecular weight excluding hydrogens is 309 g/mol. The van der Waals surface area contributed by atoms with E-state index >= 15 is 0 Å².